The lowest BCUT2D eigenvalue weighted by atomic mass is 9.95. The van der Waals surface area contributed by atoms with E-state index < -0.39 is 5.82 Å². The van der Waals surface area contributed by atoms with Crippen molar-refractivity contribution in [2.24, 2.45) is 0 Å². The van der Waals surface area contributed by atoms with E-state index in [1.54, 1.807) is 12.5 Å². The standard InChI is InChI=1S/C20H21FN4O/c1-26-20-17(21)10-14(11-22-20)13-7-8-18-16(9-13)19(24-12-23-18)25-15-5-3-2-4-6-15/h7-12,15H,2-6H2,1H3,(H,23,24,25). The number of halogens is 1. The van der Waals surface area contributed by atoms with Gasteiger partial charge in [-0.15, -0.1) is 0 Å². The number of nitrogens with zero attached hydrogens (tertiary/aromatic N) is 3. The summed E-state index contributed by atoms with van der Waals surface area (Å²) in [5.74, 6) is 0.359. The highest BCUT2D eigenvalue weighted by Crippen LogP contribution is 2.30. The third kappa shape index (κ3) is 3.31. The van der Waals surface area contributed by atoms with Crippen LogP contribution in [0.15, 0.2) is 36.8 Å². The number of pyridine rings is 1. The van der Waals surface area contributed by atoms with Crippen molar-refractivity contribution in [2.75, 3.05) is 12.4 Å². The molecule has 1 aliphatic rings. The fourth-order valence-electron chi connectivity index (χ4n) is 3.52. The molecule has 134 valence electrons. The quantitative estimate of drug-likeness (QED) is 0.744. The molecule has 1 aliphatic carbocycles. The maximum Gasteiger partial charge on any atom is 0.250 e. The van der Waals surface area contributed by atoms with Gasteiger partial charge in [0, 0.05) is 23.2 Å². The highest BCUT2D eigenvalue weighted by atomic mass is 19.1. The van der Waals surface area contributed by atoms with Gasteiger partial charge in [-0.2, -0.15) is 0 Å². The summed E-state index contributed by atoms with van der Waals surface area (Å²) in [4.78, 5) is 12.8. The fraction of sp³-hybridized carbons (Fsp3) is 0.350. The molecule has 1 N–H and O–H groups in total. The molecule has 5 nitrogen and oxygen atoms in total. The zero-order valence-corrected chi connectivity index (χ0v) is 14.7. The van der Waals surface area contributed by atoms with E-state index in [9.17, 15) is 4.39 Å². The zero-order chi connectivity index (χ0) is 17.9. The molecule has 26 heavy (non-hydrogen) atoms. The maximum absolute atomic E-state index is 14.0. The second-order valence-corrected chi connectivity index (χ2v) is 6.65. The first-order valence-electron chi connectivity index (χ1n) is 8.96. The van der Waals surface area contributed by atoms with Crippen LogP contribution >= 0.6 is 0 Å². The molecule has 0 amide bonds. The Kier molecular flexibility index (Phi) is 4.65. The monoisotopic (exact) mass is 352 g/mol. The van der Waals surface area contributed by atoms with Gasteiger partial charge in [0.05, 0.1) is 12.6 Å². The predicted molar refractivity (Wildman–Crippen MR) is 99.8 cm³/mol. The summed E-state index contributed by atoms with van der Waals surface area (Å²) in [6.07, 6.45) is 9.34. The first-order valence-corrected chi connectivity index (χ1v) is 8.96. The maximum atomic E-state index is 14.0. The Balaban J connectivity index is 1.71. The van der Waals surface area contributed by atoms with Crippen LogP contribution in [-0.2, 0) is 0 Å². The van der Waals surface area contributed by atoms with Gasteiger partial charge < -0.3 is 10.1 Å². The molecule has 6 heteroatoms. The molecule has 0 spiro atoms. The van der Waals surface area contributed by atoms with Crippen LogP contribution in [0.2, 0.25) is 0 Å². The van der Waals surface area contributed by atoms with Crippen LogP contribution in [0.1, 0.15) is 32.1 Å². The minimum atomic E-state index is -0.477. The Labute approximate surface area is 151 Å². The molecule has 1 fully saturated rings. The first kappa shape index (κ1) is 16.7. The second kappa shape index (κ2) is 7.23. The molecule has 0 aliphatic heterocycles. The van der Waals surface area contributed by atoms with Gasteiger partial charge in [0.15, 0.2) is 5.82 Å². The lowest BCUT2D eigenvalue weighted by molar-refractivity contribution is 0.369. The number of methoxy groups -OCH3 is 1. The Bertz CT molecular complexity index is 925. The summed E-state index contributed by atoms with van der Waals surface area (Å²) < 4.78 is 18.9. The van der Waals surface area contributed by atoms with Crippen molar-refractivity contribution in [3.63, 3.8) is 0 Å². The normalized spacial score (nSPS) is 15.2. The summed E-state index contributed by atoms with van der Waals surface area (Å²) in [6.45, 7) is 0. The van der Waals surface area contributed by atoms with Crippen LogP contribution in [0.4, 0.5) is 10.2 Å². The van der Waals surface area contributed by atoms with Gasteiger partial charge in [0.1, 0.15) is 12.1 Å². The van der Waals surface area contributed by atoms with Gasteiger partial charge in [-0.1, -0.05) is 25.3 Å². The Hall–Kier alpha value is -2.76. The number of hydrogen-bond acceptors (Lipinski definition) is 5. The largest absolute Gasteiger partial charge is 0.479 e. The first-order chi connectivity index (χ1) is 12.7. The molecule has 1 saturated carbocycles. The number of rotatable bonds is 4. The number of fused-ring (bicyclic) bond motifs is 1. The summed E-state index contributed by atoms with van der Waals surface area (Å²) in [7, 11) is 1.40. The van der Waals surface area contributed by atoms with Crippen molar-refractivity contribution >= 4 is 16.7 Å². The predicted octanol–water partition coefficient (Wildman–Crippen LogP) is 4.58. The van der Waals surface area contributed by atoms with E-state index in [1.807, 2.05) is 18.2 Å². The van der Waals surface area contributed by atoms with Crippen molar-refractivity contribution in [2.45, 2.75) is 38.1 Å². The molecule has 0 atom stereocenters. The Morgan fingerprint density at radius 1 is 1.04 bits per heavy atom. The third-order valence-electron chi connectivity index (χ3n) is 4.92. The Morgan fingerprint density at radius 3 is 2.65 bits per heavy atom. The Morgan fingerprint density at radius 2 is 1.88 bits per heavy atom. The van der Waals surface area contributed by atoms with Crippen LogP contribution in [0.5, 0.6) is 5.88 Å². The summed E-state index contributed by atoms with van der Waals surface area (Å²) in [5.41, 5.74) is 2.43. The summed E-state index contributed by atoms with van der Waals surface area (Å²) in [6, 6.07) is 7.73. The van der Waals surface area contributed by atoms with E-state index in [4.69, 9.17) is 4.74 Å². The van der Waals surface area contributed by atoms with Gasteiger partial charge in [0.25, 0.3) is 0 Å². The van der Waals surface area contributed by atoms with E-state index >= 15 is 0 Å². The van der Waals surface area contributed by atoms with Crippen molar-refractivity contribution in [3.8, 4) is 17.0 Å². The fourth-order valence-corrected chi connectivity index (χ4v) is 3.52. The molecule has 3 aromatic rings. The van der Waals surface area contributed by atoms with Crippen LogP contribution < -0.4 is 10.1 Å². The molecule has 4 rings (SSSR count). The smallest absolute Gasteiger partial charge is 0.250 e. The highest BCUT2D eigenvalue weighted by Gasteiger charge is 2.15. The van der Waals surface area contributed by atoms with E-state index in [-0.39, 0.29) is 5.88 Å². The number of benzene rings is 1. The van der Waals surface area contributed by atoms with Gasteiger partial charge in [-0.05, 0) is 36.6 Å². The van der Waals surface area contributed by atoms with Crippen molar-refractivity contribution in [1.82, 2.24) is 15.0 Å². The zero-order valence-electron chi connectivity index (χ0n) is 14.7. The molecule has 0 unspecified atom stereocenters. The van der Waals surface area contributed by atoms with E-state index in [1.165, 1.54) is 45.3 Å². The van der Waals surface area contributed by atoms with Crippen molar-refractivity contribution < 1.29 is 9.13 Å². The highest BCUT2D eigenvalue weighted by molar-refractivity contribution is 5.92. The SMILES string of the molecule is COc1ncc(-c2ccc3ncnc(NC4CCCCC4)c3c2)cc1F. The lowest BCUT2D eigenvalue weighted by Gasteiger charge is -2.23. The van der Waals surface area contributed by atoms with Crippen LogP contribution in [0.3, 0.4) is 0 Å². The minimum absolute atomic E-state index is 0.00229. The van der Waals surface area contributed by atoms with E-state index in [0.29, 0.717) is 11.6 Å². The molecule has 2 aromatic heterocycles. The van der Waals surface area contributed by atoms with Gasteiger partial charge in [-0.25, -0.2) is 19.3 Å². The molecule has 0 bridgehead atoms. The number of anilines is 1. The van der Waals surface area contributed by atoms with E-state index in [2.05, 4.69) is 20.3 Å². The molecule has 2 heterocycles. The average Bonchev–Trinajstić information content (AvgIpc) is 2.69. The van der Waals surface area contributed by atoms with Crippen LogP contribution in [-0.4, -0.2) is 28.1 Å². The van der Waals surface area contributed by atoms with Crippen molar-refractivity contribution in [3.05, 3.63) is 42.6 Å². The topological polar surface area (TPSA) is 59.9 Å². The molecule has 0 saturated heterocycles. The van der Waals surface area contributed by atoms with Crippen molar-refractivity contribution in [1.29, 1.82) is 0 Å². The van der Waals surface area contributed by atoms with Gasteiger partial charge >= 0.3 is 0 Å². The number of nitrogens with one attached hydrogen (secondary N) is 1. The molecule has 0 radical (unpaired) electrons. The number of hydrogen-bond donors (Lipinski definition) is 1. The number of ether oxygens (including phenoxy) is 1. The lowest BCUT2D eigenvalue weighted by Crippen LogP contribution is -2.23. The summed E-state index contributed by atoms with van der Waals surface area (Å²) >= 11 is 0. The van der Waals surface area contributed by atoms with Crippen LogP contribution in [0, 0.1) is 5.82 Å². The summed E-state index contributed by atoms with van der Waals surface area (Å²) in [5, 5.41) is 4.51. The molecule has 1 aromatic carbocycles. The van der Waals surface area contributed by atoms with E-state index in [0.717, 1.165) is 22.3 Å². The second-order valence-electron chi connectivity index (χ2n) is 6.65. The molecular formula is C20H21FN4O. The van der Waals surface area contributed by atoms with Gasteiger partial charge in [0.2, 0.25) is 5.88 Å². The average molecular weight is 352 g/mol. The van der Waals surface area contributed by atoms with Crippen LogP contribution in [0.25, 0.3) is 22.0 Å². The molecular weight excluding hydrogens is 331 g/mol. The number of aromatic nitrogens is 3. The minimum Gasteiger partial charge on any atom is -0.479 e. The third-order valence-corrected chi connectivity index (χ3v) is 4.92. The van der Waals surface area contributed by atoms with Gasteiger partial charge in [-0.3, -0.25) is 0 Å².